The van der Waals surface area contributed by atoms with Gasteiger partial charge in [0.15, 0.2) is 10.2 Å². The predicted molar refractivity (Wildman–Crippen MR) is 132 cm³/mol. The maximum absolute atomic E-state index is 13.8. The van der Waals surface area contributed by atoms with Crippen LogP contribution in [0.5, 0.6) is 0 Å². The molecule has 3 aromatic rings. The van der Waals surface area contributed by atoms with Crippen molar-refractivity contribution in [1.82, 2.24) is 19.6 Å². The lowest BCUT2D eigenvalue weighted by molar-refractivity contribution is 0.542. The van der Waals surface area contributed by atoms with Crippen LogP contribution in [0.25, 0.3) is 11.3 Å². The van der Waals surface area contributed by atoms with Crippen molar-refractivity contribution in [3.8, 4) is 11.3 Å². The molecule has 0 spiro atoms. The van der Waals surface area contributed by atoms with Crippen LogP contribution >= 0.6 is 34.7 Å². The first-order valence-electron chi connectivity index (χ1n) is 11.0. The number of rotatable bonds is 4. The van der Waals surface area contributed by atoms with Crippen molar-refractivity contribution in [2.24, 2.45) is 0 Å². The van der Waals surface area contributed by atoms with Gasteiger partial charge in [0.25, 0.3) is 0 Å². The molecule has 2 saturated heterocycles. The topological polar surface area (TPSA) is 61.3 Å². The van der Waals surface area contributed by atoms with Gasteiger partial charge in [0.2, 0.25) is 5.95 Å². The zero-order chi connectivity index (χ0) is 23.1. The Morgan fingerprint density at radius 2 is 1.88 bits per heavy atom. The van der Waals surface area contributed by atoms with Crippen LogP contribution in [0, 0.1) is 5.82 Å². The van der Waals surface area contributed by atoms with Crippen LogP contribution in [0.3, 0.4) is 0 Å². The molecule has 0 saturated carbocycles. The minimum Gasteiger partial charge on any atom is -0.350 e. The van der Waals surface area contributed by atoms with Crippen LogP contribution in [-0.2, 0) is 0 Å². The van der Waals surface area contributed by atoms with E-state index in [0.29, 0.717) is 16.3 Å². The first-order valence-corrected chi connectivity index (χ1v) is 12.5. The quantitative estimate of drug-likeness (QED) is 0.484. The Kier molecular flexibility index (Phi) is 6.28. The molecule has 33 heavy (non-hydrogen) atoms. The fourth-order valence-corrected chi connectivity index (χ4v) is 5.46. The molecule has 7 nitrogen and oxygen atoms in total. The summed E-state index contributed by atoms with van der Waals surface area (Å²) in [7, 11) is 0. The third-order valence-electron chi connectivity index (χ3n) is 6.38. The standard InChI is InChI=1S/C22H24Cl2FN7S/c1-13-4-3-7-32(13)22-26-18(15-5-6-17(25)16(23)10-15)11-19(27-22)31-9-8-30(12-14(31)2)21-20(24)33-29-28-21/h5-6,10-11,13-14H,3-4,7-9,12H2,1-2H3/t13?,14-/m1/s1. The molecule has 1 unspecified atom stereocenters. The Bertz CT molecular complexity index is 1160. The number of hydrogen-bond donors (Lipinski definition) is 0. The van der Waals surface area contributed by atoms with Crippen LogP contribution in [0.4, 0.5) is 22.0 Å². The van der Waals surface area contributed by atoms with Crippen LogP contribution < -0.4 is 14.7 Å². The maximum atomic E-state index is 13.8. The van der Waals surface area contributed by atoms with E-state index < -0.39 is 5.82 Å². The number of halogens is 3. The first kappa shape index (κ1) is 22.6. The molecule has 0 amide bonds. The highest BCUT2D eigenvalue weighted by Gasteiger charge is 2.30. The fourth-order valence-electron chi connectivity index (χ4n) is 4.58. The van der Waals surface area contributed by atoms with Gasteiger partial charge < -0.3 is 14.7 Å². The van der Waals surface area contributed by atoms with Crippen LogP contribution in [0.2, 0.25) is 9.36 Å². The fraction of sp³-hybridized carbons (Fsp3) is 0.455. The lowest BCUT2D eigenvalue weighted by Gasteiger charge is -2.41. The molecule has 2 aliphatic heterocycles. The van der Waals surface area contributed by atoms with Crippen molar-refractivity contribution in [3.05, 3.63) is 39.4 Å². The Balaban J connectivity index is 1.49. The van der Waals surface area contributed by atoms with Crippen molar-refractivity contribution in [2.75, 3.05) is 40.9 Å². The highest BCUT2D eigenvalue weighted by atomic mass is 35.5. The van der Waals surface area contributed by atoms with E-state index in [1.807, 2.05) is 6.07 Å². The van der Waals surface area contributed by atoms with Crippen molar-refractivity contribution in [2.45, 2.75) is 38.8 Å². The average Bonchev–Trinajstić information content (AvgIpc) is 3.43. The summed E-state index contributed by atoms with van der Waals surface area (Å²) in [5.41, 5.74) is 1.50. The largest absolute Gasteiger partial charge is 0.350 e. The predicted octanol–water partition coefficient (Wildman–Crippen LogP) is 5.14. The second-order valence-electron chi connectivity index (χ2n) is 8.58. The zero-order valence-corrected chi connectivity index (χ0v) is 20.7. The second kappa shape index (κ2) is 9.19. The third kappa shape index (κ3) is 4.46. The van der Waals surface area contributed by atoms with Gasteiger partial charge in [-0.2, -0.15) is 4.98 Å². The molecule has 2 fully saturated rings. The summed E-state index contributed by atoms with van der Waals surface area (Å²) in [6.07, 6.45) is 2.23. The molecule has 0 N–H and O–H groups in total. The van der Waals surface area contributed by atoms with E-state index >= 15 is 0 Å². The lowest BCUT2D eigenvalue weighted by atomic mass is 10.1. The molecule has 4 heterocycles. The van der Waals surface area contributed by atoms with E-state index in [9.17, 15) is 4.39 Å². The van der Waals surface area contributed by atoms with Crippen molar-refractivity contribution >= 4 is 52.3 Å². The maximum Gasteiger partial charge on any atom is 0.228 e. The number of aromatic nitrogens is 4. The number of anilines is 3. The monoisotopic (exact) mass is 507 g/mol. The van der Waals surface area contributed by atoms with Gasteiger partial charge >= 0.3 is 0 Å². The molecule has 0 radical (unpaired) electrons. The summed E-state index contributed by atoms with van der Waals surface area (Å²) >= 11 is 13.5. The number of benzene rings is 1. The summed E-state index contributed by atoms with van der Waals surface area (Å²) in [6.45, 7) is 7.55. The average molecular weight is 508 g/mol. The van der Waals surface area contributed by atoms with Crippen LogP contribution in [0.1, 0.15) is 26.7 Å². The highest BCUT2D eigenvalue weighted by molar-refractivity contribution is 7.11. The lowest BCUT2D eigenvalue weighted by Crippen LogP contribution is -2.52. The highest BCUT2D eigenvalue weighted by Crippen LogP contribution is 2.33. The Morgan fingerprint density at radius 3 is 2.55 bits per heavy atom. The van der Waals surface area contributed by atoms with Crippen LogP contribution in [0.15, 0.2) is 24.3 Å². The number of piperazine rings is 1. The molecule has 0 aliphatic carbocycles. The van der Waals surface area contributed by atoms with Crippen molar-refractivity contribution in [3.63, 3.8) is 0 Å². The smallest absolute Gasteiger partial charge is 0.228 e. The molecule has 174 valence electrons. The zero-order valence-electron chi connectivity index (χ0n) is 18.4. The Labute approximate surface area is 206 Å². The van der Waals surface area contributed by atoms with Gasteiger partial charge in [0.05, 0.1) is 10.7 Å². The minimum absolute atomic E-state index is 0.0829. The van der Waals surface area contributed by atoms with E-state index in [1.165, 1.54) is 17.6 Å². The molecule has 1 aromatic carbocycles. The van der Waals surface area contributed by atoms with E-state index in [4.69, 9.17) is 33.2 Å². The Hall–Kier alpha value is -2.23. The summed E-state index contributed by atoms with van der Waals surface area (Å²) < 4.78 is 18.4. The van der Waals surface area contributed by atoms with Gasteiger partial charge in [-0.1, -0.05) is 27.7 Å². The van der Waals surface area contributed by atoms with E-state index in [-0.39, 0.29) is 11.1 Å². The summed E-state index contributed by atoms with van der Waals surface area (Å²) in [4.78, 5) is 16.5. The minimum atomic E-state index is -0.442. The summed E-state index contributed by atoms with van der Waals surface area (Å²) in [5, 5.41) is 4.27. The first-order chi connectivity index (χ1) is 15.9. The van der Waals surface area contributed by atoms with Gasteiger partial charge in [-0.3, -0.25) is 0 Å². The molecule has 2 aliphatic rings. The normalized spacial score (nSPS) is 21.2. The van der Waals surface area contributed by atoms with Crippen molar-refractivity contribution in [1.29, 1.82) is 0 Å². The molecule has 2 atom stereocenters. The van der Waals surface area contributed by atoms with E-state index in [0.717, 1.165) is 61.9 Å². The molecular formula is C22H24Cl2FN7S. The molecule has 2 aromatic heterocycles. The van der Waals surface area contributed by atoms with Gasteiger partial charge in [-0.25, -0.2) is 9.37 Å². The molecule has 5 rings (SSSR count). The molecule has 0 bridgehead atoms. The second-order valence-corrected chi connectivity index (χ2v) is 10.3. The molecule has 11 heteroatoms. The van der Waals surface area contributed by atoms with Gasteiger partial charge in [0.1, 0.15) is 11.6 Å². The molecular weight excluding hydrogens is 484 g/mol. The SMILES string of the molecule is CC1CCCN1c1nc(-c2ccc(F)c(Cl)c2)cc(N2CCN(c3nnsc3Cl)C[C@H]2C)n1. The Morgan fingerprint density at radius 1 is 1.03 bits per heavy atom. The van der Waals surface area contributed by atoms with E-state index in [2.05, 4.69) is 38.1 Å². The summed E-state index contributed by atoms with van der Waals surface area (Å²) in [6, 6.07) is 7.22. The number of hydrogen-bond acceptors (Lipinski definition) is 8. The van der Waals surface area contributed by atoms with E-state index in [1.54, 1.807) is 12.1 Å². The van der Waals surface area contributed by atoms with Gasteiger partial charge in [-0.15, -0.1) is 5.10 Å². The van der Waals surface area contributed by atoms with Gasteiger partial charge in [-0.05, 0) is 44.9 Å². The summed E-state index contributed by atoms with van der Waals surface area (Å²) in [5.74, 6) is 1.85. The van der Waals surface area contributed by atoms with Gasteiger partial charge in [0, 0.05) is 61.4 Å². The van der Waals surface area contributed by atoms with Crippen LogP contribution in [-0.4, -0.2) is 57.8 Å². The third-order valence-corrected chi connectivity index (χ3v) is 7.55. The number of nitrogens with zero attached hydrogens (tertiary/aromatic N) is 7. The van der Waals surface area contributed by atoms with Crippen molar-refractivity contribution < 1.29 is 4.39 Å².